The lowest BCUT2D eigenvalue weighted by molar-refractivity contribution is -0.108. The van der Waals surface area contributed by atoms with Gasteiger partial charge in [0.05, 0.1) is 30.8 Å². The molecule has 4 aliphatic heterocycles. The highest BCUT2D eigenvalue weighted by atomic mass is 35.5. The van der Waals surface area contributed by atoms with Gasteiger partial charge in [-0.1, -0.05) is 36.7 Å². The smallest absolute Gasteiger partial charge is 0.264 e. The molecule has 300 valence electrons. The standard InChI is InChI=1S/C42H57ClN4O7S/c1-29-5-3-15-42(52-2,27-45-16-17-46-18-20-53-25-34(46)24-45)36-10-7-32(36)23-47-26-41(14-4-6-30-21-33(43)9-11-35(30)41)28-54-38-12-8-31(22-37(38)47)40(49)44-55(50,51)39(29)13-19-48/h3,8-9,11-12,15,21-22,29,32,34,36,39,48H,4-7,10,13-14,16-20,23-28H2,1-2H3,(H,44,49)/b15-3-/t29-,32-,34-,36+,39+,41-,42-/m0/s1. The molecule has 1 saturated carbocycles. The van der Waals surface area contributed by atoms with E-state index >= 15 is 0 Å². The number of hydrogen-bond acceptors (Lipinski definition) is 10. The molecule has 2 aliphatic carbocycles. The number of carbonyl (C=O) groups is 1. The predicted octanol–water partition coefficient (Wildman–Crippen LogP) is 4.65. The van der Waals surface area contributed by atoms with Gasteiger partial charge in [-0.05, 0) is 104 Å². The number of rotatable bonds is 5. The molecule has 7 atom stereocenters. The first kappa shape index (κ1) is 39.1. The molecule has 2 N–H and O–H groups in total. The fourth-order valence-corrected chi connectivity index (χ4v) is 12.5. The number of anilines is 1. The van der Waals surface area contributed by atoms with E-state index in [4.69, 9.17) is 25.8 Å². The van der Waals surface area contributed by atoms with E-state index in [0.717, 1.165) is 95.3 Å². The number of nitrogens with one attached hydrogen (secondary N) is 1. The normalized spacial score (nSPS) is 34.6. The van der Waals surface area contributed by atoms with Crippen LogP contribution in [0.15, 0.2) is 48.6 Å². The lowest BCUT2D eigenvalue weighted by Crippen LogP contribution is -2.62. The second kappa shape index (κ2) is 15.9. The van der Waals surface area contributed by atoms with Gasteiger partial charge >= 0.3 is 0 Å². The van der Waals surface area contributed by atoms with E-state index in [0.29, 0.717) is 37.3 Å². The van der Waals surface area contributed by atoms with Crippen LogP contribution in [-0.4, -0.2) is 125 Å². The van der Waals surface area contributed by atoms with Crippen LogP contribution in [0.4, 0.5) is 5.69 Å². The highest BCUT2D eigenvalue weighted by molar-refractivity contribution is 7.90. The van der Waals surface area contributed by atoms with E-state index in [9.17, 15) is 18.3 Å². The Morgan fingerprint density at radius 3 is 2.78 bits per heavy atom. The van der Waals surface area contributed by atoms with E-state index in [1.807, 2.05) is 32.2 Å². The van der Waals surface area contributed by atoms with Gasteiger partial charge in [0.15, 0.2) is 0 Å². The maximum atomic E-state index is 13.9. The molecule has 13 heteroatoms. The van der Waals surface area contributed by atoms with Crippen molar-refractivity contribution in [2.24, 2.45) is 17.8 Å². The van der Waals surface area contributed by atoms with E-state index in [-0.39, 0.29) is 35.8 Å². The van der Waals surface area contributed by atoms with Gasteiger partial charge in [-0.15, -0.1) is 0 Å². The Kier molecular flexibility index (Phi) is 11.3. The summed E-state index contributed by atoms with van der Waals surface area (Å²) < 4.78 is 49.5. The van der Waals surface area contributed by atoms with Crippen molar-refractivity contribution in [1.29, 1.82) is 0 Å². The lowest BCUT2D eigenvalue weighted by atomic mass is 9.63. The molecule has 3 fully saturated rings. The van der Waals surface area contributed by atoms with Crippen LogP contribution < -0.4 is 14.4 Å². The highest BCUT2D eigenvalue weighted by Crippen LogP contribution is 2.49. The van der Waals surface area contributed by atoms with Gasteiger partial charge in [-0.25, -0.2) is 13.1 Å². The third-order valence-electron chi connectivity index (χ3n) is 13.8. The molecule has 2 bridgehead atoms. The second-order valence-electron chi connectivity index (χ2n) is 17.0. The van der Waals surface area contributed by atoms with Crippen molar-refractivity contribution < 1.29 is 32.5 Å². The van der Waals surface area contributed by atoms with Crippen molar-refractivity contribution in [3.05, 3.63) is 70.3 Å². The van der Waals surface area contributed by atoms with Crippen LogP contribution in [0, 0.1) is 17.8 Å². The van der Waals surface area contributed by atoms with Gasteiger partial charge in [0.25, 0.3) is 5.91 Å². The number of sulfonamides is 1. The third-order valence-corrected chi connectivity index (χ3v) is 16.0. The number of allylic oxidation sites excluding steroid dienone is 1. The first-order chi connectivity index (χ1) is 26.5. The number of piperazine rings is 1. The number of ether oxygens (including phenoxy) is 3. The highest BCUT2D eigenvalue weighted by Gasteiger charge is 2.50. The number of aryl methyl sites for hydroxylation is 1. The maximum absolute atomic E-state index is 13.9. The summed E-state index contributed by atoms with van der Waals surface area (Å²) in [5.74, 6) is 0.149. The van der Waals surface area contributed by atoms with Crippen LogP contribution in [0.2, 0.25) is 5.02 Å². The molecule has 2 saturated heterocycles. The van der Waals surface area contributed by atoms with Gasteiger partial charge in [-0.2, -0.15) is 0 Å². The van der Waals surface area contributed by atoms with Crippen LogP contribution in [0.3, 0.4) is 0 Å². The molecule has 0 unspecified atom stereocenters. The number of fused-ring (bicyclic) bond motifs is 5. The number of aliphatic hydroxyl groups is 1. The summed E-state index contributed by atoms with van der Waals surface area (Å²) in [6, 6.07) is 11.9. The average molecular weight is 797 g/mol. The molecule has 2 aromatic carbocycles. The Hall–Kier alpha value is -2.71. The van der Waals surface area contributed by atoms with Crippen molar-refractivity contribution in [1.82, 2.24) is 14.5 Å². The summed E-state index contributed by atoms with van der Waals surface area (Å²) in [6.07, 6.45) is 9.79. The summed E-state index contributed by atoms with van der Waals surface area (Å²) in [7, 11) is -2.31. The van der Waals surface area contributed by atoms with Gasteiger partial charge in [0, 0.05) is 81.6 Å². The minimum absolute atomic E-state index is 0.0199. The summed E-state index contributed by atoms with van der Waals surface area (Å²) in [5, 5.41) is 9.75. The molecule has 1 amide bonds. The van der Waals surface area contributed by atoms with Crippen LogP contribution >= 0.6 is 11.6 Å². The molecule has 4 heterocycles. The van der Waals surface area contributed by atoms with E-state index in [2.05, 4.69) is 43.7 Å². The molecule has 2 aromatic rings. The maximum Gasteiger partial charge on any atom is 0.264 e. The largest absolute Gasteiger partial charge is 0.490 e. The van der Waals surface area contributed by atoms with Gasteiger partial charge in [-0.3, -0.25) is 14.6 Å². The van der Waals surface area contributed by atoms with Gasteiger partial charge < -0.3 is 24.2 Å². The summed E-state index contributed by atoms with van der Waals surface area (Å²) >= 11 is 6.51. The number of amides is 1. The number of morpholine rings is 1. The number of aliphatic hydroxyl groups excluding tert-OH is 1. The number of halogens is 1. The molecule has 1 spiro atoms. The summed E-state index contributed by atoms with van der Waals surface area (Å²) in [4.78, 5) is 21.3. The second-order valence-corrected chi connectivity index (χ2v) is 19.4. The van der Waals surface area contributed by atoms with Gasteiger partial charge in [0.1, 0.15) is 11.4 Å². The molecule has 55 heavy (non-hydrogen) atoms. The van der Waals surface area contributed by atoms with Crippen molar-refractivity contribution >= 4 is 33.2 Å². The molecule has 11 nitrogen and oxygen atoms in total. The van der Waals surface area contributed by atoms with E-state index < -0.39 is 26.8 Å². The zero-order valence-electron chi connectivity index (χ0n) is 32.3. The molecule has 0 radical (unpaired) electrons. The first-order valence-electron chi connectivity index (χ1n) is 20.3. The Bertz CT molecular complexity index is 1880. The fourth-order valence-electron chi connectivity index (χ4n) is 10.6. The van der Waals surface area contributed by atoms with Crippen molar-refractivity contribution in [2.45, 2.75) is 74.2 Å². The van der Waals surface area contributed by atoms with Gasteiger partial charge in [0.2, 0.25) is 10.0 Å². The Labute approximate surface area is 331 Å². The number of nitrogens with zero attached hydrogens (tertiary/aromatic N) is 3. The molecule has 6 aliphatic rings. The molecule has 0 aromatic heterocycles. The SMILES string of the molecule is CO[C@]1(CN2CCN3CCOC[C@@H]3C2)/C=C\C[C@H](C)[C@@H](CCO)S(=O)(=O)NC(=O)c2ccc3c(c2)N(C[C@@H]2CC[C@H]21)C[C@@]1(CCCc2cc(Cl)ccc21)CO3. The van der Waals surface area contributed by atoms with Crippen LogP contribution in [0.5, 0.6) is 5.75 Å². The molecular formula is C42H57ClN4O7S. The van der Waals surface area contributed by atoms with E-state index in [1.165, 1.54) is 11.1 Å². The Morgan fingerprint density at radius 2 is 1.98 bits per heavy atom. The average Bonchev–Trinajstić information content (AvgIpc) is 3.31. The Morgan fingerprint density at radius 1 is 1.11 bits per heavy atom. The summed E-state index contributed by atoms with van der Waals surface area (Å²) in [5.41, 5.74) is 2.68. The topological polar surface area (TPSA) is 121 Å². The van der Waals surface area contributed by atoms with Crippen molar-refractivity contribution in [3.63, 3.8) is 0 Å². The fraction of sp³-hybridized carbons (Fsp3) is 0.643. The first-order valence-corrected chi connectivity index (χ1v) is 22.2. The quantitative estimate of drug-likeness (QED) is 0.414. The zero-order valence-corrected chi connectivity index (χ0v) is 33.8. The predicted molar refractivity (Wildman–Crippen MR) is 214 cm³/mol. The third kappa shape index (κ3) is 7.69. The zero-order chi connectivity index (χ0) is 38.4. The van der Waals surface area contributed by atoms with E-state index in [1.54, 1.807) is 6.07 Å². The molecule has 8 rings (SSSR count). The number of hydrogen-bond donors (Lipinski definition) is 2. The Balaban J connectivity index is 1.20. The molecular weight excluding hydrogens is 740 g/mol. The number of carbonyl (C=O) groups excluding carboxylic acids is 1. The van der Waals surface area contributed by atoms with Crippen molar-refractivity contribution in [2.75, 3.05) is 84.3 Å². The van der Waals surface area contributed by atoms with Crippen LogP contribution in [-0.2, 0) is 31.3 Å². The van der Waals surface area contributed by atoms with Crippen molar-refractivity contribution in [3.8, 4) is 5.75 Å². The number of methoxy groups -OCH3 is 1. The van der Waals surface area contributed by atoms with Crippen LogP contribution in [0.1, 0.15) is 66.9 Å². The van der Waals surface area contributed by atoms with Crippen LogP contribution in [0.25, 0.3) is 0 Å². The minimum Gasteiger partial charge on any atom is -0.490 e. The summed E-state index contributed by atoms with van der Waals surface area (Å²) in [6.45, 7) is 9.58. The minimum atomic E-state index is -4.14. The monoisotopic (exact) mass is 796 g/mol. The number of benzene rings is 2. The lowest BCUT2D eigenvalue weighted by Gasteiger charge is -2.53.